The van der Waals surface area contributed by atoms with Gasteiger partial charge in [-0.3, -0.25) is 9.58 Å². The third-order valence-electron chi connectivity index (χ3n) is 5.44. The van der Waals surface area contributed by atoms with Crippen molar-refractivity contribution in [1.82, 2.24) is 24.8 Å². The molecule has 1 aliphatic heterocycles. The molecule has 2 fully saturated rings. The van der Waals surface area contributed by atoms with Gasteiger partial charge in [-0.2, -0.15) is 10.1 Å². The molecule has 28 heavy (non-hydrogen) atoms. The van der Waals surface area contributed by atoms with Crippen LogP contribution in [0.1, 0.15) is 43.5 Å². The number of benzene rings is 1. The van der Waals surface area contributed by atoms with E-state index in [1.807, 2.05) is 35.1 Å². The third-order valence-corrected chi connectivity index (χ3v) is 5.44. The second-order valence-corrected chi connectivity index (χ2v) is 7.70. The number of aryl methyl sites for hydroxylation is 1. The Labute approximate surface area is 164 Å². The molecule has 0 spiro atoms. The van der Waals surface area contributed by atoms with Crippen LogP contribution in [0.4, 0.5) is 0 Å². The quantitative estimate of drug-likeness (QED) is 0.626. The summed E-state index contributed by atoms with van der Waals surface area (Å²) < 4.78 is 13.8. The van der Waals surface area contributed by atoms with Crippen molar-refractivity contribution in [3.05, 3.63) is 48.0 Å². The molecular formula is C21H25N5O2. The second kappa shape index (κ2) is 7.39. The third kappa shape index (κ3) is 3.67. The number of ether oxygens (including phenoxy) is 1. The molecule has 3 aromatic rings. The Bertz CT molecular complexity index is 946. The first kappa shape index (κ1) is 17.4. The van der Waals surface area contributed by atoms with Gasteiger partial charge in [-0.15, -0.1) is 0 Å². The van der Waals surface area contributed by atoms with Crippen molar-refractivity contribution in [3.8, 4) is 17.2 Å². The van der Waals surface area contributed by atoms with Crippen LogP contribution in [0.15, 0.2) is 41.2 Å². The molecule has 1 saturated heterocycles. The van der Waals surface area contributed by atoms with Crippen LogP contribution in [0, 0.1) is 0 Å². The van der Waals surface area contributed by atoms with E-state index in [0.29, 0.717) is 11.8 Å². The van der Waals surface area contributed by atoms with Gasteiger partial charge in [0.25, 0.3) is 5.89 Å². The van der Waals surface area contributed by atoms with Gasteiger partial charge in [0.05, 0.1) is 11.8 Å². The maximum absolute atomic E-state index is 6.35. The van der Waals surface area contributed by atoms with E-state index in [1.54, 1.807) is 0 Å². The molecule has 5 rings (SSSR count). The highest BCUT2D eigenvalue weighted by Crippen LogP contribution is 2.39. The lowest BCUT2D eigenvalue weighted by atomic mass is 10.2. The van der Waals surface area contributed by atoms with Crippen LogP contribution in [-0.2, 0) is 13.1 Å². The Kier molecular flexibility index (Phi) is 4.60. The molecule has 3 heterocycles. The van der Waals surface area contributed by atoms with E-state index in [2.05, 4.69) is 33.3 Å². The topological polar surface area (TPSA) is 69.2 Å². The summed E-state index contributed by atoms with van der Waals surface area (Å²) in [5.41, 5.74) is 2.13. The fourth-order valence-electron chi connectivity index (χ4n) is 3.73. The van der Waals surface area contributed by atoms with Gasteiger partial charge in [0.15, 0.2) is 5.82 Å². The van der Waals surface area contributed by atoms with Gasteiger partial charge in [0.2, 0.25) is 0 Å². The standard InChI is InChI=1S/C21H25N5O2/c1-2-26-13-15(11-22-26)12-25-10-9-17(14-25)27-19-6-4-3-5-18(19)21-23-20(24-28-21)16-7-8-16/h3-6,11,13,16-17H,2,7-10,12,14H2,1H3. The van der Waals surface area contributed by atoms with Gasteiger partial charge in [-0.1, -0.05) is 17.3 Å². The van der Waals surface area contributed by atoms with Gasteiger partial charge in [-0.05, 0) is 38.3 Å². The zero-order chi connectivity index (χ0) is 18.9. The van der Waals surface area contributed by atoms with Gasteiger partial charge >= 0.3 is 0 Å². The largest absolute Gasteiger partial charge is 0.488 e. The van der Waals surface area contributed by atoms with Crippen LogP contribution in [0.5, 0.6) is 5.75 Å². The molecule has 1 atom stereocenters. The van der Waals surface area contributed by atoms with Gasteiger partial charge in [0, 0.05) is 43.9 Å². The summed E-state index contributed by atoms with van der Waals surface area (Å²) in [5, 5.41) is 8.50. The summed E-state index contributed by atoms with van der Waals surface area (Å²) in [6, 6.07) is 7.95. The van der Waals surface area contributed by atoms with E-state index in [9.17, 15) is 0 Å². The predicted molar refractivity (Wildman–Crippen MR) is 104 cm³/mol. The lowest BCUT2D eigenvalue weighted by molar-refractivity contribution is 0.198. The number of aromatic nitrogens is 4. The summed E-state index contributed by atoms with van der Waals surface area (Å²) in [4.78, 5) is 7.00. The predicted octanol–water partition coefficient (Wildman–Crippen LogP) is 3.48. The molecule has 1 saturated carbocycles. The Morgan fingerprint density at radius 3 is 2.93 bits per heavy atom. The first-order valence-corrected chi connectivity index (χ1v) is 10.1. The maximum atomic E-state index is 6.35. The molecule has 2 aliphatic rings. The molecule has 7 heteroatoms. The first-order chi connectivity index (χ1) is 13.8. The molecule has 0 bridgehead atoms. The summed E-state index contributed by atoms with van der Waals surface area (Å²) in [6.45, 7) is 5.85. The van der Waals surface area contributed by atoms with Gasteiger partial charge < -0.3 is 9.26 Å². The van der Waals surface area contributed by atoms with Gasteiger partial charge in [0.1, 0.15) is 11.9 Å². The molecule has 7 nitrogen and oxygen atoms in total. The van der Waals surface area contributed by atoms with Crippen LogP contribution < -0.4 is 4.74 Å². The van der Waals surface area contributed by atoms with E-state index < -0.39 is 0 Å². The first-order valence-electron chi connectivity index (χ1n) is 10.1. The molecule has 0 amide bonds. The van der Waals surface area contributed by atoms with Crippen molar-refractivity contribution in [3.63, 3.8) is 0 Å². The number of hydrogen-bond donors (Lipinski definition) is 0. The number of nitrogens with zero attached hydrogens (tertiary/aromatic N) is 5. The van der Waals surface area contributed by atoms with Crippen LogP contribution >= 0.6 is 0 Å². The molecule has 0 radical (unpaired) electrons. The Balaban J connectivity index is 1.25. The average Bonchev–Trinajstić information content (AvgIpc) is 3.10. The Morgan fingerprint density at radius 1 is 1.21 bits per heavy atom. The normalized spacial score (nSPS) is 20.0. The van der Waals surface area contributed by atoms with Crippen molar-refractivity contribution in [2.75, 3.05) is 13.1 Å². The van der Waals surface area contributed by atoms with E-state index in [4.69, 9.17) is 9.26 Å². The fraction of sp³-hybridized carbons (Fsp3) is 0.476. The maximum Gasteiger partial charge on any atom is 0.261 e. The number of para-hydroxylation sites is 1. The SMILES string of the molecule is CCn1cc(CN2CCC(Oc3ccccc3-c3nc(C4CC4)no3)C2)cn1. The van der Waals surface area contributed by atoms with Crippen molar-refractivity contribution in [1.29, 1.82) is 0 Å². The molecule has 1 aliphatic carbocycles. The van der Waals surface area contributed by atoms with Crippen molar-refractivity contribution in [2.45, 2.75) is 51.3 Å². The minimum absolute atomic E-state index is 0.160. The van der Waals surface area contributed by atoms with Crippen LogP contribution in [0.25, 0.3) is 11.5 Å². The minimum atomic E-state index is 0.160. The van der Waals surface area contributed by atoms with E-state index in [0.717, 1.165) is 62.6 Å². The highest BCUT2D eigenvalue weighted by atomic mass is 16.5. The number of hydrogen-bond acceptors (Lipinski definition) is 6. The van der Waals surface area contributed by atoms with Crippen molar-refractivity contribution in [2.24, 2.45) is 0 Å². The molecule has 1 unspecified atom stereocenters. The monoisotopic (exact) mass is 379 g/mol. The Hall–Kier alpha value is -2.67. The van der Waals surface area contributed by atoms with Crippen LogP contribution in [0.2, 0.25) is 0 Å². The van der Waals surface area contributed by atoms with Gasteiger partial charge in [-0.25, -0.2) is 0 Å². The second-order valence-electron chi connectivity index (χ2n) is 7.70. The molecule has 1 aromatic carbocycles. The molecule has 0 N–H and O–H groups in total. The lowest BCUT2D eigenvalue weighted by Gasteiger charge is -2.17. The average molecular weight is 379 g/mol. The number of likely N-dealkylation sites (tertiary alicyclic amines) is 1. The fourth-order valence-corrected chi connectivity index (χ4v) is 3.73. The van der Waals surface area contributed by atoms with Crippen LogP contribution in [-0.4, -0.2) is 44.0 Å². The van der Waals surface area contributed by atoms with E-state index in [1.165, 1.54) is 5.56 Å². The summed E-state index contributed by atoms with van der Waals surface area (Å²) in [7, 11) is 0. The minimum Gasteiger partial charge on any atom is -0.488 e. The smallest absolute Gasteiger partial charge is 0.261 e. The van der Waals surface area contributed by atoms with E-state index >= 15 is 0 Å². The van der Waals surface area contributed by atoms with Crippen molar-refractivity contribution < 1.29 is 9.26 Å². The highest BCUT2D eigenvalue weighted by molar-refractivity contribution is 5.62. The molecular weight excluding hydrogens is 354 g/mol. The Morgan fingerprint density at radius 2 is 2.11 bits per heavy atom. The molecule has 2 aromatic heterocycles. The summed E-state index contributed by atoms with van der Waals surface area (Å²) >= 11 is 0. The lowest BCUT2D eigenvalue weighted by Crippen LogP contribution is -2.24. The number of rotatable bonds is 7. The van der Waals surface area contributed by atoms with E-state index in [-0.39, 0.29) is 6.10 Å². The summed E-state index contributed by atoms with van der Waals surface area (Å²) in [6.07, 6.45) is 7.57. The van der Waals surface area contributed by atoms with Crippen molar-refractivity contribution >= 4 is 0 Å². The zero-order valence-electron chi connectivity index (χ0n) is 16.1. The van der Waals surface area contributed by atoms with Crippen LogP contribution in [0.3, 0.4) is 0 Å². The molecule has 146 valence electrons. The highest BCUT2D eigenvalue weighted by Gasteiger charge is 2.30. The zero-order valence-corrected chi connectivity index (χ0v) is 16.1. The summed E-state index contributed by atoms with van der Waals surface area (Å²) in [5.74, 6) is 2.67.